The lowest BCUT2D eigenvalue weighted by molar-refractivity contribution is -0.142. The fourth-order valence-electron chi connectivity index (χ4n) is 2.97. The zero-order chi connectivity index (χ0) is 20.4. The third-order valence-electron chi connectivity index (χ3n) is 4.36. The Morgan fingerprint density at radius 1 is 1.17 bits per heavy atom. The minimum atomic E-state index is -4.56. The largest absolute Gasteiger partial charge is 0.493 e. The van der Waals surface area contributed by atoms with E-state index in [1.807, 2.05) is 18.2 Å². The van der Waals surface area contributed by atoms with Crippen LogP contribution >= 0.6 is 0 Å². The minimum Gasteiger partial charge on any atom is -0.493 e. The number of nitrogens with zero attached hydrogens (tertiary/aromatic N) is 3. The number of fused-ring (bicyclic) bond motifs is 1. The zero-order valence-corrected chi connectivity index (χ0v) is 15.0. The quantitative estimate of drug-likeness (QED) is 0.675. The van der Waals surface area contributed by atoms with Crippen molar-refractivity contribution >= 4 is 17.7 Å². The van der Waals surface area contributed by atoms with Crippen LogP contribution in [0.5, 0.6) is 5.75 Å². The summed E-state index contributed by atoms with van der Waals surface area (Å²) in [7, 11) is 0. The van der Waals surface area contributed by atoms with E-state index in [1.54, 1.807) is 6.08 Å². The molecule has 0 unspecified atom stereocenters. The molecule has 1 aliphatic heterocycles. The SMILES string of the molecule is O=C(/C=C/c1ccc2c(c1)CCO2)Nc1ccc(-n2nncc2C(F)(F)F)cc1. The summed E-state index contributed by atoms with van der Waals surface area (Å²) in [5.74, 6) is 0.513. The molecule has 0 saturated heterocycles. The molecule has 1 aliphatic rings. The van der Waals surface area contributed by atoms with Gasteiger partial charge in [0, 0.05) is 18.2 Å². The summed E-state index contributed by atoms with van der Waals surface area (Å²) < 4.78 is 45.0. The minimum absolute atomic E-state index is 0.184. The average Bonchev–Trinajstić information content (AvgIpc) is 3.35. The number of nitrogens with one attached hydrogen (secondary N) is 1. The second kappa shape index (κ2) is 7.42. The van der Waals surface area contributed by atoms with E-state index >= 15 is 0 Å². The Kier molecular flexibility index (Phi) is 4.79. The molecule has 0 saturated carbocycles. The summed E-state index contributed by atoms with van der Waals surface area (Å²) in [6, 6.07) is 11.5. The molecule has 0 spiro atoms. The van der Waals surface area contributed by atoms with Gasteiger partial charge in [-0.25, -0.2) is 4.68 Å². The highest BCUT2D eigenvalue weighted by molar-refractivity contribution is 6.02. The molecular weight excluding hydrogens is 385 g/mol. The molecule has 1 amide bonds. The van der Waals surface area contributed by atoms with Gasteiger partial charge in [-0.3, -0.25) is 4.79 Å². The number of carbonyl (C=O) groups excluding carboxylic acids is 1. The summed E-state index contributed by atoms with van der Waals surface area (Å²) in [5, 5.41) is 9.45. The molecule has 2 heterocycles. The molecule has 29 heavy (non-hydrogen) atoms. The van der Waals surface area contributed by atoms with E-state index in [0.717, 1.165) is 23.3 Å². The fourth-order valence-corrected chi connectivity index (χ4v) is 2.97. The van der Waals surface area contributed by atoms with Crippen LogP contribution in [0.1, 0.15) is 16.8 Å². The van der Waals surface area contributed by atoms with Gasteiger partial charge in [-0.05, 0) is 53.6 Å². The molecule has 4 rings (SSSR count). The maximum absolute atomic E-state index is 12.9. The van der Waals surface area contributed by atoms with Crippen molar-refractivity contribution in [2.24, 2.45) is 0 Å². The standard InChI is InChI=1S/C20H15F3N4O2/c21-20(22,23)18-12-24-26-27(18)16-5-3-15(4-6-16)25-19(28)8-2-13-1-7-17-14(11-13)9-10-29-17/h1-8,11-12H,9-10H2,(H,25,28)/b8-2+. The van der Waals surface area contributed by atoms with Crippen LogP contribution in [0.4, 0.5) is 18.9 Å². The normalized spacial score (nSPS) is 13.3. The van der Waals surface area contributed by atoms with E-state index in [-0.39, 0.29) is 11.6 Å². The third-order valence-corrected chi connectivity index (χ3v) is 4.36. The van der Waals surface area contributed by atoms with Crippen molar-refractivity contribution in [1.82, 2.24) is 15.0 Å². The molecule has 0 aliphatic carbocycles. The predicted molar refractivity (Wildman–Crippen MR) is 99.7 cm³/mol. The van der Waals surface area contributed by atoms with Gasteiger partial charge in [0.05, 0.1) is 18.5 Å². The summed E-state index contributed by atoms with van der Waals surface area (Å²) >= 11 is 0. The highest BCUT2D eigenvalue weighted by atomic mass is 19.4. The van der Waals surface area contributed by atoms with Crippen LogP contribution in [-0.4, -0.2) is 27.5 Å². The molecule has 2 aromatic carbocycles. The van der Waals surface area contributed by atoms with Crippen molar-refractivity contribution in [2.75, 3.05) is 11.9 Å². The van der Waals surface area contributed by atoms with Gasteiger partial charge in [-0.15, -0.1) is 5.10 Å². The topological polar surface area (TPSA) is 69.0 Å². The van der Waals surface area contributed by atoms with Crippen LogP contribution in [-0.2, 0) is 17.4 Å². The molecule has 0 bridgehead atoms. The number of halogens is 3. The van der Waals surface area contributed by atoms with Crippen molar-refractivity contribution in [3.8, 4) is 11.4 Å². The first-order chi connectivity index (χ1) is 13.9. The number of amides is 1. The number of ether oxygens (including phenoxy) is 1. The first-order valence-corrected chi connectivity index (χ1v) is 8.73. The first kappa shape index (κ1) is 18.7. The van der Waals surface area contributed by atoms with E-state index in [9.17, 15) is 18.0 Å². The first-order valence-electron chi connectivity index (χ1n) is 8.73. The monoisotopic (exact) mass is 400 g/mol. The zero-order valence-electron chi connectivity index (χ0n) is 15.0. The highest BCUT2D eigenvalue weighted by Gasteiger charge is 2.36. The van der Waals surface area contributed by atoms with Gasteiger partial charge in [0.2, 0.25) is 5.91 Å². The lowest BCUT2D eigenvalue weighted by Crippen LogP contribution is -2.13. The van der Waals surface area contributed by atoms with Gasteiger partial charge in [0.15, 0.2) is 5.69 Å². The van der Waals surface area contributed by atoms with E-state index in [1.165, 1.54) is 30.3 Å². The molecule has 6 nitrogen and oxygen atoms in total. The van der Waals surface area contributed by atoms with Crippen LogP contribution in [0, 0.1) is 0 Å². The van der Waals surface area contributed by atoms with Gasteiger partial charge in [-0.2, -0.15) is 13.2 Å². The molecular formula is C20H15F3N4O2. The van der Waals surface area contributed by atoms with Crippen molar-refractivity contribution in [2.45, 2.75) is 12.6 Å². The van der Waals surface area contributed by atoms with Crippen LogP contribution in [0.25, 0.3) is 11.8 Å². The number of hydrogen-bond acceptors (Lipinski definition) is 4. The molecule has 3 aromatic rings. The van der Waals surface area contributed by atoms with Crippen molar-refractivity contribution in [1.29, 1.82) is 0 Å². The van der Waals surface area contributed by atoms with Crippen molar-refractivity contribution in [3.63, 3.8) is 0 Å². The van der Waals surface area contributed by atoms with Crippen molar-refractivity contribution < 1.29 is 22.7 Å². The molecule has 0 radical (unpaired) electrons. The summed E-state index contributed by atoms with van der Waals surface area (Å²) in [5.41, 5.74) is 1.64. The predicted octanol–water partition coefficient (Wildman–Crippen LogP) is 3.87. The molecule has 0 fully saturated rings. The summed E-state index contributed by atoms with van der Waals surface area (Å²) in [6.45, 7) is 0.665. The number of hydrogen-bond donors (Lipinski definition) is 1. The Balaban J connectivity index is 1.42. The van der Waals surface area contributed by atoms with Crippen LogP contribution in [0.15, 0.2) is 54.7 Å². The van der Waals surface area contributed by atoms with E-state index in [2.05, 4.69) is 15.6 Å². The maximum Gasteiger partial charge on any atom is 0.435 e. The Morgan fingerprint density at radius 3 is 2.72 bits per heavy atom. The number of rotatable bonds is 4. The lowest BCUT2D eigenvalue weighted by Gasteiger charge is -2.09. The van der Waals surface area contributed by atoms with Gasteiger partial charge in [-0.1, -0.05) is 11.3 Å². The number of anilines is 1. The fraction of sp³-hybridized carbons (Fsp3) is 0.150. The average molecular weight is 400 g/mol. The highest BCUT2D eigenvalue weighted by Crippen LogP contribution is 2.30. The molecule has 0 atom stereocenters. The van der Waals surface area contributed by atoms with E-state index < -0.39 is 11.9 Å². The smallest absolute Gasteiger partial charge is 0.435 e. The summed E-state index contributed by atoms with van der Waals surface area (Å²) in [6.07, 6.45) is 0.0196. The van der Waals surface area contributed by atoms with Crippen molar-refractivity contribution in [3.05, 3.63) is 71.6 Å². The van der Waals surface area contributed by atoms with Gasteiger partial charge in [0.25, 0.3) is 0 Å². The van der Waals surface area contributed by atoms with E-state index in [4.69, 9.17) is 4.74 Å². The molecule has 9 heteroatoms. The second-order valence-corrected chi connectivity index (χ2v) is 6.36. The Labute approximate surface area is 163 Å². The Morgan fingerprint density at radius 2 is 1.97 bits per heavy atom. The van der Waals surface area contributed by atoms with Crippen LogP contribution in [0.3, 0.4) is 0 Å². The second-order valence-electron chi connectivity index (χ2n) is 6.36. The molecule has 148 valence electrons. The van der Waals surface area contributed by atoms with Gasteiger partial charge in [0.1, 0.15) is 5.75 Å². The number of alkyl halides is 3. The Bertz CT molecular complexity index is 1070. The molecule has 1 N–H and O–H groups in total. The Hall–Kier alpha value is -3.62. The number of benzene rings is 2. The lowest BCUT2D eigenvalue weighted by atomic mass is 10.1. The molecule has 1 aromatic heterocycles. The van der Waals surface area contributed by atoms with Crippen LogP contribution < -0.4 is 10.1 Å². The number of aromatic nitrogens is 3. The number of carbonyl (C=O) groups is 1. The third kappa shape index (κ3) is 4.13. The summed E-state index contributed by atoms with van der Waals surface area (Å²) in [4.78, 5) is 12.1. The van der Waals surface area contributed by atoms with E-state index in [0.29, 0.717) is 23.2 Å². The maximum atomic E-state index is 12.9. The van der Waals surface area contributed by atoms with Gasteiger partial charge < -0.3 is 10.1 Å². The van der Waals surface area contributed by atoms with Crippen LogP contribution in [0.2, 0.25) is 0 Å². The van der Waals surface area contributed by atoms with Gasteiger partial charge >= 0.3 is 6.18 Å².